The summed E-state index contributed by atoms with van der Waals surface area (Å²) in [6, 6.07) is 0. The van der Waals surface area contributed by atoms with Crippen LogP contribution in [0.3, 0.4) is 0 Å². The second-order valence-electron chi connectivity index (χ2n) is 4.32. The van der Waals surface area contributed by atoms with E-state index in [2.05, 4.69) is 10.6 Å². The Morgan fingerprint density at radius 1 is 1.29 bits per heavy atom. The number of amides is 2. The highest BCUT2D eigenvalue weighted by atomic mass is 35.5. The van der Waals surface area contributed by atoms with Gasteiger partial charge in [0, 0.05) is 18.5 Å². The van der Waals surface area contributed by atoms with Crippen LogP contribution >= 0.6 is 11.6 Å². The van der Waals surface area contributed by atoms with Gasteiger partial charge in [-0.15, -0.1) is 11.6 Å². The van der Waals surface area contributed by atoms with E-state index in [1.54, 1.807) is 13.8 Å². The zero-order valence-electron chi connectivity index (χ0n) is 9.99. The molecule has 0 spiro atoms. The molecule has 17 heavy (non-hydrogen) atoms. The zero-order valence-corrected chi connectivity index (χ0v) is 10.8. The van der Waals surface area contributed by atoms with Crippen molar-refractivity contribution in [1.29, 1.82) is 0 Å². The van der Waals surface area contributed by atoms with Gasteiger partial charge < -0.3 is 20.8 Å². The maximum Gasteiger partial charge on any atom is 0.249 e. The van der Waals surface area contributed by atoms with E-state index < -0.39 is 17.4 Å². The number of nitrogens with one attached hydrogen (secondary N) is 2. The normalized spacial score (nSPS) is 13.0. The molecule has 7 heteroatoms. The fourth-order valence-corrected chi connectivity index (χ4v) is 1.07. The molecular formula is C10H19ClN2O4. The second kappa shape index (κ2) is 7.47. The highest BCUT2D eigenvalue weighted by molar-refractivity contribution is 6.27. The molecule has 100 valence electrons. The van der Waals surface area contributed by atoms with Crippen LogP contribution in [-0.2, 0) is 9.59 Å². The Morgan fingerprint density at radius 2 is 1.82 bits per heavy atom. The summed E-state index contributed by atoms with van der Waals surface area (Å²) in [5.41, 5.74) is -0.899. The number of aliphatic hydroxyl groups is 2. The van der Waals surface area contributed by atoms with E-state index in [0.717, 1.165) is 0 Å². The van der Waals surface area contributed by atoms with Gasteiger partial charge in [0.2, 0.25) is 11.8 Å². The Kier molecular flexibility index (Phi) is 7.10. The van der Waals surface area contributed by atoms with Crippen LogP contribution in [-0.4, -0.2) is 53.7 Å². The predicted molar refractivity (Wildman–Crippen MR) is 63.6 cm³/mol. The minimum Gasteiger partial charge on any atom is -0.396 e. The molecule has 1 atom stereocenters. The Hall–Kier alpha value is -0.850. The van der Waals surface area contributed by atoms with Crippen molar-refractivity contribution in [2.45, 2.75) is 20.0 Å². The van der Waals surface area contributed by atoms with Crippen molar-refractivity contribution >= 4 is 23.4 Å². The van der Waals surface area contributed by atoms with Crippen molar-refractivity contribution in [1.82, 2.24) is 10.6 Å². The van der Waals surface area contributed by atoms with Gasteiger partial charge in [0.1, 0.15) is 12.0 Å². The van der Waals surface area contributed by atoms with Gasteiger partial charge in [0.15, 0.2) is 0 Å². The molecule has 0 aromatic heterocycles. The smallest absolute Gasteiger partial charge is 0.249 e. The second-order valence-corrected chi connectivity index (χ2v) is 4.59. The fraction of sp³-hybridized carbons (Fsp3) is 0.800. The number of carbonyl (C=O) groups excluding carboxylic acids is 2. The van der Waals surface area contributed by atoms with Gasteiger partial charge in [-0.25, -0.2) is 0 Å². The molecule has 0 fully saturated rings. The van der Waals surface area contributed by atoms with Gasteiger partial charge >= 0.3 is 0 Å². The van der Waals surface area contributed by atoms with Gasteiger partial charge in [0.05, 0.1) is 6.61 Å². The number of rotatable bonds is 7. The first-order valence-electron chi connectivity index (χ1n) is 5.24. The van der Waals surface area contributed by atoms with Gasteiger partial charge in [-0.1, -0.05) is 13.8 Å². The van der Waals surface area contributed by atoms with Crippen LogP contribution in [0.4, 0.5) is 0 Å². The Morgan fingerprint density at radius 3 is 2.29 bits per heavy atom. The number of halogens is 1. The van der Waals surface area contributed by atoms with Gasteiger partial charge in [-0.2, -0.15) is 0 Å². The third-order valence-corrected chi connectivity index (χ3v) is 2.51. The zero-order chi connectivity index (χ0) is 13.5. The third kappa shape index (κ3) is 5.86. The van der Waals surface area contributed by atoms with Crippen LogP contribution < -0.4 is 10.6 Å². The van der Waals surface area contributed by atoms with Gasteiger partial charge in [-0.3, -0.25) is 9.59 Å². The predicted octanol–water partition coefficient (Wildman–Crippen LogP) is -1.16. The van der Waals surface area contributed by atoms with Crippen LogP contribution in [0.5, 0.6) is 0 Å². The fourth-order valence-electron chi connectivity index (χ4n) is 0.973. The molecule has 0 rings (SSSR count). The summed E-state index contributed by atoms with van der Waals surface area (Å²) in [6.45, 7) is 3.28. The molecule has 0 aromatic carbocycles. The standard InChI is InChI=1S/C10H19ClN2O4/c1-10(2,6-14)8(16)9(17)13-4-3-12-7(15)5-11/h8,14,16H,3-6H2,1-2H3,(H,12,15)(H,13,17)/t8-/m0/s1. The Bertz CT molecular complexity index is 271. The Labute approximate surface area is 105 Å². The van der Waals surface area contributed by atoms with E-state index in [1.807, 2.05) is 0 Å². The SMILES string of the molecule is CC(C)(CO)[C@@H](O)C(=O)NCCNC(=O)CCl. The molecule has 0 aliphatic rings. The topological polar surface area (TPSA) is 98.7 Å². The van der Waals surface area contributed by atoms with Crippen LogP contribution in [0.25, 0.3) is 0 Å². The maximum atomic E-state index is 11.5. The van der Waals surface area contributed by atoms with Crippen molar-refractivity contribution in [2.75, 3.05) is 25.6 Å². The first kappa shape index (κ1) is 16.1. The third-order valence-electron chi connectivity index (χ3n) is 2.26. The molecule has 4 N–H and O–H groups in total. The van der Waals surface area contributed by atoms with Crippen molar-refractivity contribution in [3.05, 3.63) is 0 Å². The van der Waals surface area contributed by atoms with Crippen molar-refractivity contribution in [2.24, 2.45) is 5.41 Å². The van der Waals surface area contributed by atoms with Gasteiger partial charge in [-0.05, 0) is 0 Å². The summed E-state index contributed by atoms with van der Waals surface area (Å²) in [5, 5.41) is 23.5. The first-order chi connectivity index (χ1) is 7.85. The molecule has 0 saturated carbocycles. The van der Waals surface area contributed by atoms with Crippen LogP contribution in [0.1, 0.15) is 13.8 Å². The Balaban J connectivity index is 3.91. The minimum absolute atomic E-state index is 0.131. The van der Waals surface area contributed by atoms with Crippen molar-refractivity contribution in [3.63, 3.8) is 0 Å². The average molecular weight is 267 g/mol. The number of hydrogen-bond donors (Lipinski definition) is 4. The molecule has 6 nitrogen and oxygen atoms in total. The van der Waals surface area contributed by atoms with Crippen molar-refractivity contribution < 1.29 is 19.8 Å². The minimum atomic E-state index is -1.30. The lowest BCUT2D eigenvalue weighted by Gasteiger charge is -2.27. The largest absolute Gasteiger partial charge is 0.396 e. The lowest BCUT2D eigenvalue weighted by atomic mass is 9.87. The lowest BCUT2D eigenvalue weighted by Crippen LogP contribution is -2.47. The number of alkyl halides is 1. The van der Waals surface area contributed by atoms with Crippen molar-refractivity contribution in [3.8, 4) is 0 Å². The van der Waals surface area contributed by atoms with Gasteiger partial charge in [0.25, 0.3) is 0 Å². The quantitative estimate of drug-likeness (QED) is 0.345. The molecule has 0 heterocycles. The van der Waals surface area contributed by atoms with Crippen LogP contribution in [0.15, 0.2) is 0 Å². The van der Waals surface area contributed by atoms with E-state index in [4.69, 9.17) is 16.7 Å². The maximum absolute atomic E-state index is 11.5. The molecule has 2 amide bonds. The average Bonchev–Trinajstić information content (AvgIpc) is 2.32. The summed E-state index contributed by atoms with van der Waals surface area (Å²) < 4.78 is 0. The summed E-state index contributed by atoms with van der Waals surface area (Å²) in [7, 11) is 0. The molecule has 0 bridgehead atoms. The first-order valence-corrected chi connectivity index (χ1v) is 5.78. The van der Waals surface area contributed by atoms with E-state index in [0.29, 0.717) is 0 Å². The summed E-state index contributed by atoms with van der Waals surface area (Å²) >= 11 is 5.26. The van der Waals surface area contributed by atoms with Crippen LogP contribution in [0.2, 0.25) is 0 Å². The number of aliphatic hydroxyl groups excluding tert-OH is 2. The molecule has 0 aliphatic carbocycles. The molecule has 0 aromatic rings. The molecule has 0 saturated heterocycles. The highest BCUT2D eigenvalue weighted by Crippen LogP contribution is 2.19. The van der Waals surface area contributed by atoms with Crippen LogP contribution in [0, 0.1) is 5.41 Å². The monoisotopic (exact) mass is 266 g/mol. The van der Waals surface area contributed by atoms with E-state index in [-0.39, 0.29) is 31.5 Å². The summed E-state index contributed by atoms with van der Waals surface area (Å²) in [4.78, 5) is 22.2. The highest BCUT2D eigenvalue weighted by Gasteiger charge is 2.32. The molecule has 0 unspecified atom stereocenters. The molecule has 0 radical (unpaired) electrons. The molecule has 0 aliphatic heterocycles. The van der Waals surface area contributed by atoms with E-state index in [9.17, 15) is 14.7 Å². The molecular weight excluding hydrogens is 248 g/mol. The summed E-state index contributed by atoms with van der Waals surface area (Å²) in [6.07, 6.45) is -1.30. The lowest BCUT2D eigenvalue weighted by molar-refractivity contribution is -0.137. The number of hydrogen-bond acceptors (Lipinski definition) is 4. The van der Waals surface area contributed by atoms with E-state index >= 15 is 0 Å². The number of carbonyl (C=O) groups is 2. The summed E-state index contributed by atoms with van der Waals surface area (Å²) in [5.74, 6) is -1.03. The van der Waals surface area contributed by atoms with E-state index in [1.165, 1.54) is 0 Å².